The van der Waals surface area contributed by atoms with Crippen LogP contribution in [0.1, 0.15) is 50.9 Å². The third kappa shape index (κ3) is 5.70. The van der Waals surface area contributed by atoms with Gasteiger partial charge in [-0.25, -0.2) is 4.39 Å². The summed E-state index contributed by atoms with van der Waals surface area (Å²) in [6.45, 7) is 6.81. The van der Waals surface area contributed by atoms with E-state index in [9.17, 15) is 22.8 Å². The first-order valence-electron chi connectivity index (χ1n) is 10.5. The lowest BCUT2D eigenvalue weighted by Crippen LogP contribution is -2.67. The summed E-state index contributed by atoms with van der Waals surface area (Å²) in [5.74, 6) is -1.70. The zero-order chi connectivity index (χ0) is 23.0. The number of ether oxygens (including phenoxy) is 1. The molecule has 1 saturated carbocycles. The molecule has 6 nitrogen and oxygen atoms in total. The van der Waals surface area contributed by atoms with Crippen LogP contribution in [-0.2, 0) is 4.79 Å². The van der Waals surface area contributed by atoms with E-state index in [0.717, 1.165) is 38.1 Å². The molecule has 2 aliphatic rings. The first-order chi connectivity index (χ1) is 14.4. The van der Waals surface area contributed by atoms with E-state index in [4.69, 9.17) is 0 Å². The molecule has 1 unspecified atom stereocenters. The second-order valence-corrected chi connectivity index (χ2v) is 9.83. The lowest BCUT2D eigenvalue weighted by atomic mass is 9.57. The molecule has 0 bridgehead atoms. The third-order valence-corrected chi connectivity index (χ3v) is 5.91. The van der Waals surface area contributed by atoms with Gasteiger partial charge in [-0.1, -0.05) is 0 Å². The highest BCUT2D eigenvalue weighted by atomic mass is 19.3. The molecule has 1 aromatic carbocycles. The first kappa shape index (κ1) is 23.4. The Bertz CT molecular complexity index is 827. The van der Waals surface area contributed by atoms with Gasteiger partial charge in [0, 0.05) is 30.7 Å². The molecule has 2 amide bonds. The molecule has 31 heavy (non-hydrogen) atoms. The third-order valence-electron chi connectivity index (χ3n) is 5.91. The number of nitrogens with one attached hydrogen (secondary N) is 2. The van der Waals surface area contributed by atoms with E-state index in [2.05, 4.69) is 20.3 Å². The van der Waals surface area contributed by atoms with Gasteiger partial charge in [-0.15, -0.1) is 0 Å². The molecular weight excluding hydrogens is 411 g/mol. The second kappa shape index (κ2) is 8.68. The number of nitrogens with zero attached hydrogens (tertiary/aromatic N) is 1. The Morgan fingerprint density at radius 1 is 1.26 bits per heavy atom. The number of benzene rings is 1. The van der Waals surface area contributed by atoms with Gasteiger partial charge in [-0.3, -0.25) is 14.5 Å². The predicted molar refractivity (Wildman–Crippen MR) is 109 cm³/mol. The highest BCUT2D eigenvalue weighted by Gasteiger charge is 2.53. The summed E-state index contributed by atoms with van der Waals surface area (Å²) < 4.78 is 42.3. The number of hydrogen-bond acceptors (Lipinski definition) is 4. The van der Waals surface area contributed by atoms with Crippen molar-refractivity contribution in [3.8, 4) is 5.75 Å². The number of halogens is 3. The number of amides is 2. The van der Waals surface area contributed by atoms with Gasteiger partial charge < -0.3 is 15.4 Å². The van der Waals surface area contributed by atoms with Crippen LogP contribution < -0.4 is 15.4 Å². The maximum atomic E-state index is 13.5. The number of carbonyl (C=O) groups is 2. The van der Waals surface area contributed by atoms with Gasteiger partial charge in [0.25, 0.3) is 5.91 Å². The average molecular weight is 441 g/mol. The van der Waals surface area contributed by atoms with Crippen LogP contribution in [0.5, 0.6) is 5.75 Å². The van der Waals surface area contributed by atoms with Crippen molar-refractivity contribution in [2.75, 3.05) is 19.6 Å². The Labute approximate surface area is 180 Å². The topological polar surface area (TPSA) is 70.7 Å². The van der Waals surface area contributed by atoms with Crippen molar-refractivity contribution in [2.45, 2.75) is 58.7 Å². The van der Waals surface area contributed by atoms with Crippen LogP contribution in [0, 0.1) is 17.2 Å². The average Bonchev–Trinajstić information content (AvgIpc) is 2.58. The quantitative estimate of drug-likeness (QED) is 0.682. The molecule has 0 aromatic heterocycles. The van der Waals surface area contributed by atoms with Crippen LogP contribution in [0.2, 0.25) is 0 Å². The van der Waals surface area contributed by atoms with Crippen LogP contribution in [0.4, 0.5) is 13.2 Å². The summed E-state index contributed by atoms with van der Waals surface area (Å²) in [6, 6.07) is 2.98. The van der Waals surface area contributed by atoms with Crippen LogP contribution in [0.3, 0.4) is 0 Å². The van der Waals surface area contributed by atoms with Crippen molar-refractivity contribution >= 4 is 11.8 Å². The smallest absolute Gasteiger partial charge is 0.387 e. The van der Waals surface area contributed by atoms with E-state index >= 15 is 0 Å². The Kier molecular flexibility index (Phi) is 6.55. The summed E-state index contributed by atoms with van der Waals surface area (Å²) in [7, 11) is 0. The molecular formula is C22H30F3N3O3. The SMILES string of the molecule is CC(C(=O)NC(C)(C)C)N1CC2(CC(CNC(=O)c3ccc(F)c(OC(F)F)c3)C2)C1. The highest BCUT2D eigenvalue weighted by Crippen LogP contribution is 2.52. The van der Waals surface area contributed by atoms with Crippen LogP contribution in [-0.4, -0.2) is 54.5 Å². The van der Waals surface area contributed by atoms with Crippen molar-refractivity contribution in [2.24, 2.45) is 11.3 Å². The fraction of sp³-hybridized carbons (Fsp3) is 0.636. The van der Waals surface area contributed by atoms with E-state index in [-0.39, 0.29) is 28.5 Å². The molecule has 1 saturated heterocycles. The minimum atomic E-state index is -3.16. The van der Waals surface area contributed by atoms with Crippen molar-refractivity contribution in [3.63, 3.8) is 0 Å². The molecule has 1 spiro atoms. The zero-order valence-electron chi connectivity index (χ0n) is 18.3. The summed E-state index contributed by atoms with van der Waals surface area (Å²) in [5.41, 5.74) is 0.0178. The molecule has 1 aliphatic carbocycles. The summed E-state index contributed by atoms with van der Waals surface area (Å²) in [6.07, 6.45) is 1.92. The van der Waals surface area contributed by atoms with Gasteiger partial charge >= 0.3 is 6.61 Å². The number of likely N-dealkylation sites (tertiary alicyclic amines) is 1. The zero-order valence-corrected chi connectivity index (χ0v) is 18.3. The van der Waals surface area contributed by atoms with Crippen molar-refractivity contribution in [1.82, 2.24) is 15.5 Å². The second-order valence-electron chi connectivity index (χ2n) is 9.83. The number of hydrogen-bond donors (Lipinski definition) is 2. The largest absolute Gasteiger partial charge is 0.432 e. The predicted octanol–water partition coefficient (Wildman–Crippen LogP) is 3.17. The minimum Gasteiger partial charge on any atom is -0.432 e. The van der Waals surface area contributed by atoms with Crippen LogP contribution >= 0.6 is 0 Å². The molecule has 9 heteroatoms. The Morgan fingerprint density at radius 2 is 1.90 bits per heavy atom. The standard InChI is InChI=1S/C22H30F3N3O3/c1-13(18(29)27-21(2,3)4)28-11-22(12-28)8-14(9-22)10-26-19(30)15-5-6-16(23)17(7-15)31-20(24)25/h5-7,13-14,20H,8-12H2,1-4H3,(H,26,30)(H,27,29). The van der Waals surface area contributed by atoms with Crippen molar-refractivity contribution in [1.29, 1.82) is 0 Å². The fourth-order valence-corrected chi connectivity index (χ4v) is 4.47. The molecule has 1 atom stereocenters. The molecule has 1 heterocycles. The monoisotopic (exact) mass is 441 g/mol. The number of rotatable bonds is 7. The lowest BCUT2D eigenvalue weighted by molar-refractivity contribution is -0.143. The number of alkyl halides is 2. The van der Waals surface area contributed by atoms with Gasteiger partial charge in [0.2, 0.25) is 5.91 Å². The van der Waals surface area contributed by atoms with E-state index in [1.54, 1.807) is 0 Å². The van der Waals surface area contributed by atoms with Gasteiger partial charge in [0.05, 0.1) is 6.04 Å². The fourth-order valence-electron chi connectivity index (χ4n) is 4.47. The molecule has 3 rings (SSSR count). The molecule has 172 valence electrons. The van der Waals surface area contributed by atoms with E-state index < -0.39 is 24.1 Å². The summed E-state index contributed by atoms with van der Waals surface area (Å²) in [5, 5.41) is 5.79. The van der Waals surface area contributed by atoms with E-state index in [1.165, 1.54) is 6.07 Å². The Hall–Kier alpha value is -2.29. The Morgan fingerprint density at radius 3 is 2.48 bits per heavy atom. The van der Waals surface area contributed by atoms with E-state index in [0.29, 0.717) is 12.5 Å². The Balaban J connectivity index is 1.41. The van der Waals surface area contributed by atoms with Gasteiger partial charge in [-0.05, 0) is 70.1 Å². The maximum absolute atomic E-state index is 13.5. The lowest BCUT2D eigenvalue weighted by Gasteiger charge is -2.60. The first-order valence-corrected chi connectivity index (χ1v) is 10.5. The summed E-state index contributed by atoms with van der Waals surface area (Å²) in [4.78, 5) is 26.8. The van der Waals surface area contributed by atoms with Crippen LogP contribution in [0.15, 0.2) is 18.2 Å². The van der Waals surface area contributed by atoms with Crippen LogP contribution in [0.25, 0.3) is 0 Å². The van der Waals surface area contributed by atoms with Crippen molar-refractivity contribution in [3.05, 3.63) is 29.6 Å². The minimum absolute atomic E-state index is 0.0278. The number of carbonyl (C=O) groups excluding carboxylic acids is 2. The highest BCUT2D eigenvalue weighted by molar-refractivity contribution is 5.94. The van der Waals surface area contributed by atoms with E-state index in [1.807, 2.05) is 27.7 Å². The molecule has 0 radical (unpaired) electrons. The van der Waals surface area contributed by atoms with Gasteiger partial charge in [-0.2, -0.15) is 8.78 Å². The molecule has 1 aromatic rings. The molecule has 1 aliphatic heterocycles. The normalized spacial score (nSPS) is 19.5. The van der Waals surface area contributed by atoms with Gasteiger partial charge in [0.1, 0.15) is 0 Å². The maximum Gasteiger partial charge on any atom is 0.387 e. The van der Waals surface area contributed by atoms with Gasteiger partial charge in [0.15, 0.2) is 11.6 Å². The molecule has 2 fully saturated rings. The summed E-state index contributed by atoms with van der Waals surface area (Å²) >= 11 is 0. The van der Waals surface area contributed by atoms with Crippen molar-refractivity contribution < 1.29 is 27.5 Å². The molecule has 2 N–H and O–H groups in total.